The molecule has 0 radical (unpaired) electrons. The van der Waals surface area contributed by atoms with Crippen molar-refractivity contribution in [1.29, 1.82) is 0 Å². The number of fused-ring (bicyclic) bond motifs is 2. The van der Waals surface area contributed by atoms with Crippen LogP contribution in [0.2, 0.25) is 0 Å². The number of oxazole rings is 1. The Morgan fingerprint density at radius 3 is 1.65 bits per heavy atom. The number of esters is 2. The number of aliphatic imine (C=N–C) groups is 1. The first-order valence-electron chi connectivity index (χ1n) is 26.6. The van der Waals surface area contributed by atoms with Crippen LogP contribution in [0.5, 0.6) is 11.5 Å². The van der Waals surface area contributed by atoms with Crippen LogP contribution in [0.1, 0.15) is 123 Å². The van der Waals surface area contributed by atoms with Crippen LogP contribution < -0.4 is 20.1 Å². The predicted octanol–water partition coefficient (Wildman–Crippen LogP) is 14.5. The third kappa shape index (κ3) is 29.6. The Kier molecular flexibility index (Phi) is 35.9. The Balaban J connectivity index is 0.000000722. The van der Waals surface area contributed by atoms with Crippen molar-refractivity contribution in [2.24, 2.45) is 4.99 Å². The van der Waals surface area contributed by atoms with E-state index in [1.54, 1.807) is 88.5 Å². The number of carbonyl (C=O) groups excluding carboxylic acids is 6. The van der Waals surface area contributed by atoms with Crippen molar-refractivity contribution >= 4 is 135 Å². The zero-order chi connectivity index (χ0) is 69.4. The van der Waals surface area contributed by atoms with Gasteiger partial charge in [-0.1, -0.05) is 7.43 Å². The van der Waals surface area contributed by atoms with E-state index in [4.69, 9.17) is 47.4 Å². The average Bonchev–Trinajstić information content (AvgIpc) is 1.30. The Bertz CT molecular complexity index is 3290. The van der Waals surface area contributed by atoms with E-state index in [0.717, 1.165) is 19.2 Å². The number of alkyl carbamates (subject to hydrolysis) is 2. The van der Waals surface area contributed by atoms with Gasteiger partial charge in [0.1, 0.15) is 57.7 Å². The summed E-state index contributed by atoms with van der Waals surface area (Å²) in [6.45, 7) is 18.5. The number of rotatable bonds is 18. The van der Waals surface area contributed by atoms with Gasteiger partial charge in [0.2, 0.25) is 5.89 Å². The number of alkyl halides is 6. The monoisotopic (exact) mass is 1710 g/mol. The number of amides is 2. The molecule has 0 aliphatic carbocycles. The summed E-state index contributed by atoms with van der Waals surface area (Å²) in [5, 5.41) is 6.01. The van der Waals surface area contributed by atoms with Gasteiger partial charge in [-0.15, -0.1) is 11.8 Å². The van der Waals surface area contributed by atoms with E-state index in [1.165, 1.54) is 63.4 Å². The van der Waals surface area contributed by atoms with Gasteiger partial charge in [-0.3, -0.25) is 14.7 Å². The first kappa shape index (κ1) is 84.8. The quantitative estimate of drug-likeness (QED) is 0.00948. The number of hydrogen-bond acceptors (Lipinski definition) is 23. The molecule has 1 unspecified atom stereocenters. The van der Waals surface area contributed by atoms with Gasteiger partial charge in [-0.2, -0.15) is 31.2 Å². The topological polar surface area (TPSA) is 292 Å². The second-order valence-electron chi connectivity index (χ2n) is 20.8. The molecule has 0 saturated heterocycles. The summed E-state index contributed by atoms with van der Waals surface area (Å²) in [6.07, 6.45) is -10.3. The number of pyridine rings is 2. The van der Waals surface area contributed by atoms with Crippen molar-refractivity contribution in [3.8, 4) is 23.0 Å². The number of thioether (sulfide) groups is 1. The molecule has 0 aliphatic rings. The number of methoxy groups -OCH3 is 4. The van der Waals surface area contributed by atoms with E-state index in [9.17, 15) is 55.1 Å². The number of carbonyl (C=O) groups is 6. The summed E-state index contributed by atoms with van der Waals surface area (Å²) >= 11 is 8.66. The molecule has 514 valence electrons. The van der Waals surface area contributed by atoms with E-state index in [0.29, 0.717) is 16.0 Å². The van der Waals surface area contributed by atoms with Gasteiger partial charge < -0.3 is 57.7 Å². The predicted molar refractivity (Wildman–Crippen MR) is 351 cm³/mol. The SMILES string of the molecule is C.CCOC(=O)CN=C(SC)c1ccc(OC)c2nc(C(F)(F)F)ccc12.CCOOC(=O)c1nc(-c2ccc(OC)c3nc(C(F)(F)F)ccc23)oc1C(COC(C)(C)C)NC(=O)OC(C)(C)C.COC[C@H](NC(=O)OC(C)(C)C)C(=O)OC(=O)OC.[I][V]([I])[I]. The Morgan fingerprint density at radius 2 is 1.20 bits per heavy atom. The molecular weight excluding hydrogens is 1630 g/mol. The summed E-state index contributed by atoms with van der Waals surface area (Å²) in [7, 11) is 5.04. The molecule has 2 amide bonds. The Labute approximate surface area is 570 Å². The molecular formula is C57H74F6I3N6O18SV. The van der Waals surface area contributed by atoms with Crippen LogP contribution >= 0.6 is 71.7 Å². The number of aromatic nitrogens is 3. The molecule has 2 aromatic carbocycles. The van der Waals surface area contributed by atoms with Gasteiger partial charge in [0.05, 0.1) is 58.4 Å². The Hall–Kier alpha value is -5.26. The fraction of sp³-hybridized carbons (Fsp3) is 0.509. The van der Waals surface area contributed by atoms with Crippen LogP contribution in [0.3, 0.4) is 0 Å². The van der Waals surface area contributed by atoms with Crippen molar-refractivity contribution in [2.45, 2.75) is 125 Å². The average molecular weight is 1710 g/mol. The number of ether oxygens (including phenoxy) is 9. The summed E-state index contributed by atoms with van der Waals surface area (Å²) in [4.78, 5) is 96.4. The summed E-state index contributed by atoms with van der Waals surface area (Å²) in [5.74, 6) is -2.55. The molecule has 0 fully saturated rings. The van der Waals surface area contributed by atoms with Crippen molar-refractivity contribution in [2.75, 3.05) is 67.7 Å². The minimum atomic E-state index is -4.70. The molecule has 5 rings (SSSR count). The third-order valence-corrected chi connectivity index (χ3v) is 11.2. The fourth-order valence-corrected chi connectivity index (χ4v) is 7.52. The van der Waals surface area contributed by atoms with Crippen LogP contribution in [0, 0.1) is 0 Å². The standard InChI is InChI=1S/C28H34F3N3O8.C17H17F3N2O3S.C11H19NO7.CH4.3HI.V/c1-9-39-42-24(35)21-22(17(14-38-26(2,3)4)32-25(36)41-27(5,6)7)40-23(34-21)16-10-12-18(37-8)20-15(16)11-13-19(33-20)28(29,30)31;1-4-25-14(23)9-21-16(26-3)11-5-7-12(24-2)15-10(11)6-8-13(22-15)17(18,19)20;1-11(2,3)19-9(14)12-7(6-16-4)8(13)18-10(15)17-5;;;;;/h10-13,17H,9,14H2,1-8H3,(H,32,36);5-8H,4,9H2,1-3H3;7H,6H2,1-5H3,(H,12,14);1H4;3*1H;/q;;;;;;;+3/p-3/t;;7-;;;;;/m..0...../s1. The molecule has 5 aromatic rings. The van der Waals surface area contributed by atoms with E-state index in [-0.39, 0.29) is 96.1 Å². The van der Waals surface area contributed by atoms with Gasteiger partial charge in [-0.25, -0.2) is 38.9 Å². The second kappa shape index (κ2) is 38.9. The van der Waals surface area contributed by atoms with Gasteiger partial charge in [0, 0.05) is 29.0 Å². The van der Waals surface area contributed by atoms with E-state index in [2.05, 4.69) is 100.0 Å². The molecule has 0 spiro atoms. The number of hydrogen-bond donors (Lipinski definition) is 2. The zero-order valence-electron chi connectivity index (χ0n) is 52.2. The van der Waals surface area contributed by atoms with Gasteiger partial charge in [0.15, 0.2) is 17.5 Å². The molecule has 24 nitrogen and oxygen atoms in total. The number of nitrogens with one attached hydrogen (secondary N) is 2. The fourth-order valence-electron chi connectivity index (χ4n) is 6.93. The van der Waals surface area contributed by atoms with Gasteiger partial charge in [-0.05, 0) is 131 Å². The van der Waals surface area contributed by atoms with Crippen LogP contribution in [-0.4, -0.2) is 147 Å². The second-order valence-corrected chi connectivity index (χ2v) is 57.0. The molecule has 3 heterocycles. The molecule has 2 N–H and O–H groups in total. The summed E-state index contributed by atoms with van der Waals surface area (Å²) in [6, 6.07) is 8.07. The molecule has 0 saturated carbocycles. The van der Waals surface area contributed by atoms with E-state index >= 15 is 0 Å². The number of nitrogens with zero attached hydrogens (tertiary/aromatic N) is 4. The van der Waals surface area contributed by atoms with Crippen molar-refractivity contribution in [1.82, 2.24) is 25.6 Å². The summed E-state index contributed by atoms with van der Waals surface area (Å²) < 4.78 is 130. The van der Waals surface area contributed by atoms with Crippen LogP contribution in [0.25, 0.3) is 33.3 Å². The molecule has 3 aromatic heterocycles. The van der Waals surface area contributed by atoms with Crippen LogP contribution in [0.15, 0.2) is 57.9 Å². The maximum absolute atomic E-state index is 13.4. The third-order valence-electron chi connectivity index (χ3n) is 10.4. The zero-order valence-corrected chi connectivity index (χ0v) is 60.9. The number of halogens is 9. The van der Waals surface area contributed by atoms with E-state index in [1.807, 2.05) is 0 Å². The van der Waals surface area contributed by atoms with Crippen molar-refractivity contribution in [3.63, 3.8) is 0 Å². The summed E-state index contributed by atoms with van der Waals surface area (Å²) in [5.41, 5.74) is -3.97. The van der Waals surface area contributed by atoms with Crippen LogP contribution in [0.4, 0.5) is 40.7 Å². The molecule has 35 heteroatoms. The van der Waals surface area contributed by atoms with E-state index < -0.39 is 88.9 Å². The molecule has 0 aliphatic heterocycles. The molecule has 0 bridgehead atoms. The first-order valence-corrected chi connectivity index (χ1v) is 41.3. The number of benzene rings is 2. The Morgan fingerprint density at radius 1 is 0.685 bits per heavy atom. The molecule has 2 atom stereocenters. The van der Waals surface area contributed by atoms with Gasteiger partial charge >= 0.3 is 113 Å². The molecule has 92 heavy (non-hydrogen) atoms. The normalized spacial score (nSPS) is 12.4. The minimum absolute atomic E-state index is 0. The van der Waals surface area contributed by atoms with Crippen molar-refractivity contribution < 1.29 is 117 Å². The van der Waals surface area contributed by atoms with Gasteiger partial charge in [0.25, 0.3) is 0 Å². The maximum atomic E-state index is 13.4. The first-order chi connectivity index (χ1) is 42.2. The van der Waals surface area contributed by atoms with Crippen molar-refractivity contribution in [3.05, 3.63) is 76.9 Å². The van der Waals surface area contributed by atoms with Crippen LogP contribution in [-0.2, 0) is 69.8 Å².